The second-order valence-corrected chi connectivity index (χ2v) is 11.4. The highest BCUT2D eigenvalue weighted by atomic mass is 32.3. The van der Waals surface area contributed by atoms with Crippen molar-refractivity contribution in [1.82, 2.24) is 3.97 Å². The van der Waals surface area contributed by atoms with E-state index in [9.17, 15) is 36.6 Å². The van der Waals surface area contributed by atoms with Crippen LogP contribution in [-0.4, -0.2) is 39.4 Å². The molecule has 8 nitrogen and oxygen atoms in total. The SMILES string of the molecule is CC(=O)c1cn([S+](=O)(O)C2=CC(C)(C)C(OCC(=O)[O-])C=C2)c2ccc(-c3ccc(OC(F)(F)F)cc3)cc12. The highest BCUT2D eigenvalue weighted by Crippen LogP contribution is 2.38. The first-order valence-corrected chi connectivity index (χ1v) is 13.1. The average Bonchev–Trinajstić information content (AvgIpc) is 3.22. The van der Waals surface area contributed by atoms with E-state index >= 15 is 0 Å². The van der Waals surface area contributed by atoms with Crippen molar-refractivity contribution in [1.29, 1.82) is 0 Å². The largest absolute Gasteiger partial charge is 0.573 e. The zero-order valence-electron chi connectivity index (χ0n) is 21.0. The highest BCUT2D eigenvalue weighted by molar-refractivity contribution is 8.00. The Labute approximate surface area is 222 Å². The van der Waals surface area contributed by atoms with Crippen molar-refractivity contribution >= 4 is 33.1 Å². The first-order valence-electron chi connectivity index (χ1n) is 11.6. The topological polar surface area (TPSA) is 118 Å². The summed E-state index contributed by atoms with van der Waals surface area (Å²) >= 11 is 0. The van der Waals surface area contributed by atoms with Crippen molar-refractivity contribution in [3.63, 3.8) is 0 Å². The van der Waals surface area contributed by atoms with Crippen LogP contribution < -0.4 is 9.84 Å². The van der Waals surface area contributed by atoms with Crippen LogP contribution in [0.5, 0.6) is 5.75 Å². The molecule has 0 amide bonds. The molecule has 2 unspecified atom stereocenters. The zero-order valence-corrected chi connectivity index (χ0v) is 21.8. The van der Waals surface area contributed by atoms with Gasteiger partial charge in [-0.3, -0.25) is 4.79 Å². The number of halogens is 3. The van der Waals surface area contributed by atoms with Crippen LogP contribution in [0.25, 0.3) is 22.0 Å². The molecule has 3 aromatic rings. The van der Waals surface area contributed by atoms with E-state index in [0.717, 1.165) is 16.1 Å². The third kappa shape index (κ3) is 5.97. The minimum Gasteiger partial charge on any atom is -0.548 e. The summed E-state index contributed by atoms with van der Waals surface area (Å²) in [7, 11) is -3.95. The Kier molecular flexibility index (Phi) is 7.32. The van der Waals surface area contributed by atoms with Crippen molar-refractivity contribution in [2.75, 3.05) is 6.61 Å². The number of ether oxygens (including phenoxy) is 2. The number of Topliss-reactive ketones (excluding diaryl/α,β-unsaturated/α-hetero) is 1. The number of rotatable bonds is 8. The summed E-state index contributed by atoms with van der Waals surface area (Å²) in [4.78, 5) is 23.3. The van der Waals surface area contributed by atoms with Gasteiger partial charge in [0.05, 0.1) is 24.9 Å². The van der Waals surface area contributed by atoms with E-state index in [0.29, 0.717) is 16.5 Å². The fourth-order valence-electron chi connectivity index (χ4n) is 4.35. The smallest absolute Gasteiger partial charge is 0.548 e. The van der Waals surface area contributed by atoms with E-state index in [1.54, 1.807) is 32.0 Å². The number of nitrogens with zero attached hydrogens (tertiary/aromatic N) is 1. The number of carboxylic acids is 1. The molecule has 206 valence electrons. The maximum atomic E-state index is 13.8. The minimum atomic E-state index is -4.82. The van der Waals surface area contributed by atoms with Crippen LogP contribution in [0.1, 0.15) is 31.1 Å². The van der Waals surface area contributed by atoms with Gasteiger partial charge in [-0.05, 0) is 64.8 Å². The third-order valence-corrected chi connectivity index (χ3v) is 7.91. The number of carboxylic acid groups (broad SMARTS) is 1. The Balaban J connectivity index is 1.73. The lowest BCUT2D eigenvalue weighted by Crippen LogP contribution is -2.37. The number of benzene rings is 2. The van der Waals surface area contributed by atoms with Gasteiger partial charge in [0.25, 0.3) is 0 Å². The monoisotopic (exact) mass is 563 g/mol. The van der Waals surface area contributed by atoms with Crippen LogP contribution in [0.3, 0.4) is 0 Å². The Morgan fingerprint density at radius 3 is 2.33 bits per heavy atom. The zero-order chi connectivity index (χ0) is 28.8. The summed E-state index contributed by atoms with van der Waals surface area (Å²) < 4.78 is 72.8. The van der Waals surface area contributed by atoms with E-state index in [4.69, 9.17) is 4.74 Å². The normalized spacial score (nSPS) is 18.4. The second-order valence-electron chi connectivity index (χ2n) is 9.56. The number of allylic oxidation sites excluding steroid dienone is 1. The van der Waals surface area contributed by atoms with Gasteiger partial charge in [-0.1, -0.05) is 32.0 Å². The summed E-state index contributed by atoms with van der Waals surface area (Å²) in [5, 5.41) is 11.2. The van der Waals surface area contributed by atoms with Crippen LogP contribution in [0, 0.1) is 5.41 Å². The molecule has 0 fully saturated rings. The Hall–Kier alpha value is -3.74. The number of hydrogen-bond donors (Lipinski definition) is 1. The van der Waals surface area contributed by atoms with Crippen LogP contribution in [-0.2, 0) is 24.1 Å². The molecule has 0 saturated heterocycles. The molecular formula is C27H24F3NO7S. The molecule has 1 aliphatic rings. The van der Waals surface area contributed by atoms with E-state index < -0.39 is 40.9 Å². The van der Waals surface area contributed by atoms with E-state index in [2.05, 4.69) is 4.74 Å². The van der Waals surface area contributed by atoms with E-state index in [1.165, 1.54) is 43.5 Å². The van der Waals surface area contributed by atoms with Crippen molar-refractivity contribution in [3.05, 3.63) is 77.4 Å². The van der Waals surface area contributed by atoms with E-state index in [-0.39, 0.29) is 27.5 Å². The van der Waals surface area contributed by atoms with E-state index in [1.807, 2.05) is 0 Å². The number of alkyl halides is 3. The van der Waals surface area contributed by atoms with Gasteiger partial charge < -0.3 is 19.4 Å². The quantitative estimate of drug-likeness (QED) is 0.310. The average molecular weight is 564 g/mol. The lowest BCUT2D eigenvalue weighted by Gasteiger charge is -2.32. The Bertz CT molecular complexity index is 1550. The van der Waals surface area contributed by atoms with Crippen molar-refractivity contribution < 1.29 is 46.1 Å². The molecule has 12 heteroatoms. The van der Waals surface area contributed by atoms with Gasteiger partial charge in [0.15, 0.2) is 5.78 Å². The molecule has 0 spiro atoms. The van der Waals surface area contributed by atoms with Gasteiger partial charge >= 0.3 is 16.8 Å². The predicted octanol–water partition coefficient (Wildman–Crippen LogP) is 4.76. The highest BCUT2D eigenvalue weighted by Gasteiger charge is 2.42. The maximum absolute atomic E-state index is 13.8. The number of ketones is 1. The summed E-state index contributed by atoms with van der Waals surface area (Å²) in [5.74, 6) is -2.13. The Morgan fingerprint density at radius 2 is 1.77 bits per heavy atom. The summed E-state index contributed by atoms with van der Waals surface area (Å²) in [5.41, 5.74) is 0.737. The lowest BCUT2D eigenvalue weighted by atomic mass is 9.83. The molecule has 0 radical (unpaired) electrons. The summed E-state index contributed by atoms with van der Waals surface area (Å²) in [6.07, 6.45) is 0.188. The molecule has 4 rings (SSSR count). The van der Waals surface area contributed by atoms with Gasteiger partial charge in [-0.25, -0.2) is 0 Å². The minimum absolute atomic E-state index is 0.0390. The number of fused-ring (bicyclic) bond motifs is 1. The van der Waals surface area contributed by atoms with Crippen LogP contribution in [0.2, 0.25) is 0 Å². The number of carbonyl (C=O) groups is 2. The third-order valence-electron chi connectivity index (χ3n) is 6.21. The van der Waals surface area contributed by atoms with Crippen LogP contribution in [0.4, 0.5) is 13.2 Å². The second kappa shape index (κ2) is 10.1. The number of hydrogen-bond acceptors (Lipinski definition) is 6. The molecule has 0 saturated carbocycles. The fourth-order valence-corrected chi connectivity index (χ4v) is 5.96. The first kappa shape index (κ1) is 28.3. The Morgan fingerprint density at radius 1 is 1.13 bits per heavy atom. The summed E-state index contributed by atoms with van der Waals surface area (Å²) in [6.45, 7) is 4.12. The molecule has 0 aliphatic heterocycles. The fraction of sp³-hybridized carbons (Fsp3) is 0.259. The molecule has 39 heavy (non-hydrogen) atoms. The molecule has 1 aromatic heterocycles. The van der Waals surface area contributed by atoms with Gasteiger partial charge in [-0.2, -0.15) is 4.55 Å². The van der Waals surface area contributed by atoms with Crippen molar-refractivity contribution in [2.45, 2.75) is 33.2 Å². The summed E-state index contributed by atoms with van der Waals surface area (Å²) in [6, 6.07) is 9.99. The molecule has 1 aliphatic carbocycles. The van der Waals surface area contributed by atoms with Gasteiger partial charge in [0, 0.05) is 16.4 Å². The predicted molar refractivity (Wildman–Crippen MR) is 136 cm³/mol. The molecule has 0 bridgehead atoms. The van der Waals surface area contributed by atoms with Crippen molar-refractivity contribution in [3.8, 4) is 16.9 Å². The molecule has 1 heterocycles. The van der Waals surface area contributed by atoms with Gasteiger partial charge in [0.1, 0.15) is 11.3 Å². The standard InChI is InChI=1S/C27H24F3NO7S/c1-16(32)22-14-31(39(35,36)20-9-11-24(26(2,3)13-20)37-15-25(33)34)23-10-6-18(12-21(22)23)17-4-7-19(8-5-17)38-27(28,29)30/h4-14,24H,15H2,1-3H3,(H-,33,34,35,36). The maximum Gasteiger partial charge on any atom is 0.573 e. The first-order chi connectivity index (χ1) is 18.1. The van der Waals surface area contributed by atoms with Gasteiger partial charge in [-0.15, -0.1) is 17.1 Å². The van der Waals surface area contributed by atoms with Gasteiger partial charge in [0.2, 0.25) is 4.91 Å². The number of aromatic nitrogens is 1. The van der Waals surface area contributed by atoms with Crippen LogP contribution >= 0.6 is 0 Å². The number of aliphatic carboxylic acids is 1. The van der Waals surface area contributed by atoms with Crippen molar-refractivity contribution in [2.24, 2.45) is 5.41 Å². The lowest BCUT2D eigenvalue weighted by molar-refractivity contribution is -0.310. The number of carbonyl (C=O) groups excluding carboxylic acids is 2. The molecule has 2 aromatic carbocycles. The molecular weight excluding hydrogens is 539 g/mol. The molecule has 2 atom stereocenters. The molecule has 1 N–H and O–H groups in total. The van der Waals surface area contributed by atoms with Crippen LogP contribution in [0.15, 0.2) is 71.8 Å².